The third-order valence-corrected chi connectivity index (χ3v) is 3.64. The molecule has 5 nitrogen and oxygen atoms in total. The number of aryl methyl sites for hydroxylation is 2. The average molecular weight is 291 g/mol. The molecule has 1 N–H and O–H groups in total. The van der Waals surface area contributed by atoms with Gasteiger partial charge in [-0.25, -0.2) is 4.79 Å². The van der Waals surface area contributed by atoms with E-state index < -0.39 is 5.97 Å². The maximum absolute atomic E-state index is 12.5. The first-order chi connectivity index (χ1) is 9.93. The molecule has 0 atom stereocenters. The van der Waals surface area contributed by atoms with Crippen LogP contribution in [-0.4, -0.2) is 41.1 Å². The fraction of sp³-hybridized carbons (Fsp3) is 0.500. The van der Waals surface area contributed by atoms with E-state index in [0.717, 1.165) is 24.0 Å². The van der Waals surface area contributed by atoms with Crippen LogP contribution in [0, 0.1) is 13.8 Å². The zero-order valence-corrected chi connectivity index (χ0v) is 12.7. The zero-order valence-electron chi connectivity index (χ0n) is 12.7. The molecule has 0 radical (unpaired) electrons. The summed E-state index contributed by atoms with van der Waals surface area (Å²) in [5.74, 6) is -0.431. The summed E-state index contributed by atoms with van der Waals surface area (Å²) in [7, 11) is 0. The number of nitrogens with zero attached hydrogens (tertiary/aromatic N) is 1. The summed E-state index contributed by atoms with van der Waals surface area (Å²) in [5, 5.41) is 8.69. The van der Waals surface area contributed by atoms with E-state index in [9.17, 15) is 9.59 Å². The molecule has 1 fully saturated rings. The molecule has 0 bridgehead atoms. The van der Waals surface area contributed by atoms with Gasteiger partial charge < -0.3 is 14.7 Å². The van der Waals surface area contributed by atoms with Crippen molar-refractivity contribution in [2.24, 2.45) is 0 Å². The van der Waals surface area contributed by atoms with E-state index in [0.29, 0.717) is 23.9 Å². The third-order valence-electron chi connectivity index (χ3n) is 3.64. The Morgan fingerprint density at radius 1 is 1.29 bits per heavy atom. The smallest absolute Gasteiger partial charge is 0.341 e. The molecule has 0 heterocycles. The molecule has 0 unspecified atom stereocenters. The summed E-state index contributed by atoms with van der Waals surface area (Å²) in [5.41, 5.74) is 2.21. The molecule has 1 amide bonds. The van der Waals surface area contributed by atoms with Crippen molar-refractivity contribution in [3.05, 3.63) is 28.8 Å². The van der Waals surface area contributed by atoms with Gasteiger partial charge in [-0.05, 0) is 56.9 Å². The van der Waals surface area contributed by atoms with Gasteiger partial charge in [-0.15, -0.1) is 0 Å². The fourth-order valence-electron chi connectivity index (χ4n) is 2.55. The predicted molar refractivity (Wildman–Crippen MR) is 78.8 cm³/mol. The molecule has 5 heteroatoms. The molecule has 1 aliphatic carbocycles. The molecule has 0 aromatic heterocycles. The average Bonchev–Trinajstić information content (AvgIpc) is 3.22. The van der Waals surface area contributed by atoms with Crippen LogP contribution in [-0.2, 0) is 4.79 Å². The second kappa shape index (κ2) is 6.16. The van der Waals surface area contributed by atoms with Crippen molar-refractivity contribution in [2.75, 3.05) is 13.2 Å². The standard InChI is InChI=1S/C16H21NO4/c1-4-17(13-5-6-13)16(20)12-7-10(2)15(11(3)8-12)21-9-14(18)19/h7-8,13H,4-6,9H2,1-3H3,(H,18,19). The Morgan fingerprint density at radius 2 is 1.86 bits per heavy atom. The van der Waals surface area contributed by atoms with Crippen LogP contribution < -0.4 is 4.74 Å². The SMILES string of the molecule is CCN(C(=O)c1cc(C)c(OCC(=O)O)c(C)c1)C1CC1. The van der Waals surface area contributed by atoms with Crippen molar-refractivity contribution in [2.45, 2.75) is 39.7 Å². The van der Waals surface area contributed by atoms with Crippen LogP contribution in [0.3, 0.4) is 0 Å². The van der Waals surface area contributed by atoms with Crippen molar-refractivity contribution < 1.29 is 19.4 Å². The highest BCUT2D eigenvalue weighted by atomic mass is 16.5. The van der Waals surface area contributed by atoms with Crippen molar-refractivity contribution in [3.63, 3.8) is 0 Å². The number of amides is 1. The lowest BCUT2D eigenvalue weighted by molar-refractivity contribution is -0.139. The van der Waals surface area contributed by atoms with Crippen LogP contribution in [0.15, 0.2) is 12.1 Å². The summed E-state index contributed by atoms with van der Waals surface area (Å²) in [6, 6.07) is 3.93. The number of benzene rings is 1. The largest absolute Gasteiger partial charge is 0.481 e. The van der Waals surface area contributed by atoms with Crippen LogP contribution in [0.25, 0.3) is 0 Å². The summed E-state index contributed by atoms with van der Waals surface area (Å²) >= 11 is 0. The molecule has 1 saturated carbocycles. The first-order valence-corrected chi connectivity index (χ1v) is 7.20. The summed E-state index contributed by atoms with van der Waals surface area (Å²) < 4.78 is 5.29. The maximum Gasteiger partial charge on any atom is 0.341 e. The van der Waals surface area contributed by atoms with Crippen LogP contribution in [0.4, 0.5) is 0 Å². The number of hydrogen-bond acceptors (Lipinski definition) is 3. The van der Waals surface area contributed by atoms with Gasteiger partial charge in [-0.1, -0.05) is 0 Å². The molecule has 1 aliphatic rings. The van der Waals surface area contributed by atoms with Gasteiger partial charge in [0.25, 0.3) is 5.91 Å². The van der Waals surface area contributed by atoms with Crippen LogP contribution >= 0.6 is 0 Å². The van der Waals surface area contributed by atoms with E-state index in [2.05, 4.69) is 0 Å². The van der Waals surface area contributed by atoms with Crippen molar-refractivity contribution in [1.82, 2.24) is 4.90 Å². The Labute approximate surface area is 124 Å². The maximum atomic E-state index is 12.5. The molecule has 0 spiro atoms. The van der Waals surface area contributed by atoms with E-state index in [1.165, 1.54) is 0 Å². The number of rotatable bonds is 6. The number of hydrogen-bond donors (Lipinski definition) is 1. The first kappa shape index (κ1) is 15.4. The van der Waals surface area contributed by atoms with Gasteiger partial charge in [-0.3, -0.25) is 4.79 Å². The molecule has 0 aliphatic heterocycles. The highest BCUT2D eigenvalue weighted by molar-refractivity contribution is 5.95. The molecule has 21 heavy (non-hydrogen) atoms. The topological polar surface area (TPSA) is 66.8 Å². The molecule has 2 rings (SSSR count). The zero-order chi connectivity index (χ0) is 15.6. The van der Waals surface area contributed by atoms with E-state index in [1.807, 2.05) is 25.7 Å². The van der Waals surface area contributed by atoms with Crippen LogP contribution in [0.1, 0.15) is 41.3 Å². The minimum atomic E-state index is -1.01. The number of carbonyl (C=O) groups is 2. The van der Waals surface area contributed by atoms with Gasteiger partial charge in [0.2, 0.25) is 0 Å². The number of aliphatic carboxylic acids is 1. The van der Waals surface area contributed by atoms with Crippen molar-refractivity contribution in [1.29, 1.82) is 0 Å². The molecular formula is C16H21NO4. The lowest BCUT2D eigenvalue weighted by atomic mass is 10.0. The second-order valence-electron chi connectivity index (χ2n) is 5.44. The van der Waals surface area contributed by atoms with E-state index in [4.69, 9.17) is 9.84 Å². The minimum Gasteiger partial charge on any atom is -0.481 e. The van der Waals surface area contributed by atoms with E-state index in [-0.39, 0.29) is 12.5 Å². The van der Waals surface area contributed by atoms with Gasteiger partial charge in [0.15, 0.2) is 6.61 Å². The lowest BCUT2D eigenvalue weighted by Crippen LogP contribution is -2.32. The highest BCUT2D eigenvalue weighted by Crippen LogP contribution is 2.30. The number of ether oxygens (including phenoxy) is 1. The first-order valence-electron chi connectivity index (χ1n) is 7.20. The van der Waals surface area contributed by atoms with Gasteiger partial charge in [-0.2, -0.15) is 0 Å². The monoisotopic (exact) mass is 291 g/mol. The molecule has 114 valence electrons. The number of carboxylic acids is 1. The van der Waals surface area contributed by atoms with Crippen LogP contribution in [0.5, 0.6) is 5.75 Å². The Hall–Kier alpha value is -2.04. The van der Waals surface area contributed by atoms with Crippen molar-refractivity contribution in [3.8, 4) is 5.75 Å². The number of carbonyl (C=O) groups excluding carboxylic acids is 1. The third kappa shape index (κ3) is 3.54. The van der Waals surface area contributed by atoms with Gasteiger partial charge in [0.05, 0.1) is 0 Å². The second-order valence-corrected chi connectivity index (χ2v) is 5.44. The van der Waals surface area contributed by atoms with Gasteiger partial charge >= 0.3 is 5.97 Å². The van der Waals surface area contributed by atoms with E-state index >= 15 is 0 Å². The van der Waals surface area contributed by atoms with Crippen LogP contribution in [0.2, 0.25) is 0 Å². The fourth-order valence-corrected chi connectivity index (χ4v) is 2.55. The number of carboxylic acid groups (broad SMARTS) is 1. The van der Waals surface area contributed by atoms with Crippen molar-refractivity contribution >= 4 is 11.9 Å². The van der Waals surface area contributed by atoms with Gasteiger partial charge in [0.1, 0.15) is 5.75 Å². The van der Waals surface area contributed by atoms with E-state index in [1.54, 1.807) is 12.1 Å². The Kier molecular flexibility index (Phi) is 4.50. The Morgan fingerprint density at radius 3 is 2.29 bits per heavy atom. The lowest BCUT2D eigenvalue weighted by Gasteiger charge is -2.21. The Bertz CT molecular complexity index is 540. The molecule has 0 saturated heterocycles. The molecule has 1 aromatic carbocycles. The summed E-state index contributed by atoms with van der Waals surface area (Å²) in [4.78, 5) is 25.0. The Balaban J connectivity index is 2.22. The summed E-state index contributed by atoms with van der Waals surface area (Å²) in [6.07, 6.45) is 2.16. The highest BCUT2D eigenvalue weighted by Gasteiger charge is 2.32. The molecule has 1 aromatic rings. The summed E-state index contributed by atoms with van der Waals surface area (Å²) in [6.45, 7) is 5.97. The molecular weight excluding hydrogens is 270 g/mol. The predicted octanol–water partition coefficient (Wildman–Crippen LogP) is 2.39. The normalized spacial score (nSPS) is 13.9. The quantitative estimate of drug-likeness (QED) is 0.874. The minimum absolute atomic E-state index is 0.0379. The van der Waals surface area contributed by atoms with Gasteiger partial charge in [0, 0.05) is 18.2 Å².